The van der Waals surface area contributed by atoms with E-state index in [1.54, 1.807) is 12.1 Å². The predicted octanol–water partition coefficient (Wildman–Crippen LogP) is 4.29. The first-order chi connectivity index (χ1) is 13.7. The Morgan fingerprint density at radius 3 is 2.43 bits per heavy atom. The van der Waals surface area contributed by atoms with E-state index in [-0.39, 0.29) is 11.7 Å². The van der Waals surface area contributed by atoms with Crippen molar-refractivity contribution in [3.05, 3.63) is 65.5 Å². The number of likely N-dealkylation sites (tertiary alicyclic amines) is 1. The molecule has 150 valence electrons. The summed E-state index contributed by atoms with van der Waals surface area (Å²) in [6.07, 6.45) is 3.67. The standard InChI is InChI=1S/C23H29FN2O2/c1-2-21(28-22-9-5-4-8-20(22)24)23(27)25-16-18-10-12-19(13-11-18)17-26-14-6-3-7-15-26/h4-5,8-13,21H,2-3,6-7,14-17H2,1H3,(H,25,27)/t21-/m1/s1. The number of hydrogen-bond acceptors (Lipinski definition) is 3. The zero-order chi connectivity index (χ0) is 19.8. The first kappa shape index (κ1) is 20.3. The molecule has 4 nitrogen and oxygen atoms in total. The fraction of sp³-hybridized carbons (Fsp3) is 0.435. The lowest BCUT2D eigenvalue weighted by Crippen LogP contribution is -2.37. The molecule has 1 aliphatic rings. The topological polar surface area (TPSA) is 41.6 Å². The van der Waals surface area contributed by atoms with Crippen LogP contribution in [0.4, 0.5) is 4.39 Å². The number of para-hydroxylation sites is 1. The van der Waals surface area contributed by atoms with Crippen LogP contribution in [-0.2, 0) is 17.9 Å². The minimum absolute atomic E-state index is 0.103. The molecule has 1 amide bonds. The van der Waals surface area contributed by atoms with Gasteiger partial charge in [0.15, 0.2) is 17.7 Å². The molecule has 1 saturated heterocycles. The molecule has 1 fully saturated rings. The molecular weight excluding hydrogens is 355 g/mol. The number of halogens is 1. The molecule has 1 aliphatic heterocycles. The Morgan fingerprint density at radius 2 is 1.75 bits per heavy atom. The lowest BCUT2D eigenvalue weighted by atomic mass is 10.1. The Morgan fingerprint density at radius 1 is 1.07 bits per heavy atom. The van der Waals surface area contributed by atoms with Crippen molar-refractivity contribution < 1.29 is 13.9 Å². The molecule has 1 heterocycles. The van der Waals surface area contributed by atoms with E-state index < -0.39 is 11.9 Å². The number of piperidine rings is 1. The van der Waals surface area contributed by atoms with Gasteiger partial charge in [-0.3, -0.25) is 9.69 Å². The number of nitrogens with one attached hydrogen (secondary N) is 1. The first-order valence-electron chi connectivity index (χ1n) is 10.1. The summed E-state index contributed by atoms with van der Waals surface area (Å²) in [7, 11) is 0. The minimum Gasteiger partial charge on any atom is -0.478 e. The summed E-state index contributed by atoms with van der Waals surface area (Å²) in [5.41, 5.74) is 2.34. The molecule has 0 saturated carbocycles. The average Bonchev–Trinajstić information content (AvgIpc) is 2.73. The van der Waals surface area contributed by atoms with Crippen molar-refractivity contribution in [1.82, 2.24) is 10.2 Å². The van der Waals surface area contributed by atoms with Gasteiger partial charge in [0, 0.05) is 13.1 Å². The van der Waals surface area contributed by atoms with Gasteiger partial charge in [-0.1, -0.05) is 49.7 Å². The summed E-state index contributed by atoms with van der Waals surface area (Å²) in [4.78, 5) is 14.9. The molecule has 5 heteroatoms. The highest BCUT2D eigenvalue weighted by Gasteiger charge is 2.19. The van der Waals surface area contributed by atoms with Crippen LogP contribution in [0.15, 0.2) is 48.5 Å². The summed E-state index contributed by atoms with van der Waals surface area (Å²) in [6.45, 7) is 5.62. The fourth-order valence-corrected chi connectivity index (χ4v) is 3.46. The summed E-state index contributed by atoms with van der Waals surface area (Å²) in [6, 6.07) is 14.5. The van der Waals surface area contributed by atoms with Crippen LogP contribution in [-0.4, -0.2) is 30.0 Å². The van der Waals surface area contributed by atoms with Crippen LogP contribution in [0, 0.1) is 5.82 Å². The molecule has 0 aromatic heterocycles. The van der Waals surface area contributed by atoms with E-state index in [1.165, 1.54) is 50.0 Å². The third-order valence-corrected chi connectivity index (χ3v) is 5.11. The van der Waals surface area contributed by atoms with Gasteiger partial charge in [-0.2, -0.15) is 0 Å². The number of ether oxygens (including phenoxy) is 1. The van der Waals surface area contributed by atoms with Gasteiger partial charge < -0.3 is 10.1 Å². The molecule has 0 radical (unpaired) electrons. The minimum atomic E-state index is -0.713. The van der Waals surface area contributed by atoms with E-state index in [1.807, 2.05) is 6.92 Å². The molecule has 0 bridgehead atoms. The molecule has 2 aromatic carbocycles. The normalized spacial score (nSPS) is 15.8. The van der Waals surface area contributed by atoms with Crippen LogP contribution in [0.1, 0.15) is 43.7 Å². The smallest absolute Gasteiger partial charge is 0.261 e. The van der Waals surface area contributed by atoms with Crippen LogP contribution >= 0.6 is 0 Å². The number of benzene rings is 2. The van der Waals surface area contributed by atoms with E-state index >= 15 is 0 Å². The van der Waals surface area contributed by atoms with Gasteiger partial charge in [0.1, 0.15) is 0 Å². The number of carbonyl (C=O) groups is 1. The van der Waals surface area contributed by atoms with E-state index in [4.69, 9.17) is 4.74 Å². The van der Waals surface area contributed by atoms with Crippen molar-refractivity contribution in [2.75, 3.05) is 13.1 Å². The molecule has 2 aromatic rings. The third kappa shape index (κ3) is 5.80. The van der Waals surface area contributed by atoms with Crippen LogP contribution in [0.5, 0.6) is 5.75 Å². The van der Waals surface area contributed by atoms with Crippen molar-refractivity contribution in [2.24, 2.45) is 0 Å². The van der Waals surface area contributed by atoms with E-state index in [0.29, 0.717) is 13.0 Å². The SMILES string of the molecule is CC[C@@H](Oc1ccccc1F)C(=O)NCc1ccc(CN2CCCCC2)cc1. The molecule has 1 N–H and O–H groups in total. The second kappa shape index (κ2) is 10.2. The van der Waals surface area contributed by atoms with Gasteiger partial charge in [0.25, 0.3) is 5.91 Å². The number of carbonyl (C=O) groups excluding carboxylic acids is 1. The third-order valence-electron chi connectivity index (χ3n) is 5.11. The van der Waals surface area contributed by atoms with Crippen LogP contribution in [0.2, 0.25) is 0 Å². The molecule has 0 spiro atoms. The molecule has 0 unspecified atom stereocenters. The predicted molar refractivity (Wildman–Crippen MR) is 109 cm³/mol. The second-order valence-electron chi connectivity index (χ2n) is 7.32. The number of hydrogen-bond donors (Lipinski definition) is 1. The maximum absolute atomic E-state index is 13.7. The van der Waals surface area contributed by atoms with E-state index in [2.05, 4.69) is 34.5 Å². The fourth-order valence-electron chi connectivity index (χ4n) is 3.46. The highest BCUT2D eigenvalue weighted by Crippen LogP contribution is 2.18. The zero-order valence-electron chi connectivity index (χ0n) is 16.5. The van der Waals surface area contributed by atoms with Crippen molar-refractivity contribution >= 4 is 5.91 Å². The average molecular weight is 384 g/mol. The lowest BCUT2D eigenvalue weighted by Gasteiger charge is -2.26. The summed E-state index contributed by atoms with van der Waals surface area (Å²) in [5, 5.41) is 2.89. The van der Waals surface area contributed by atoms with E-state index in [9.17, 15) is 9.18 Å². The Bertz CT molecular complexity index is 757. The summed E-state index contributed by atoms with van der Waals surface area (Å²) < 4.78 is 19.3. The monoisotopic (exact) mass is 384 g/mol. The van der Waals surface area contributed by atoms with Crippen LogP contribution < -0.4 is 10.1 Å². The van der Waals surface area contributed by atoms with Gasteiger partial charge in [0.05, 0.1) is 0 Å². The number of nitrogens with zero attached hydrogens (tertiary/aromatic N) is 1. The summed E-state index contributed by atoms with van der Waals surface area (Å²) >= 11 is 0. The first-order valence-corrected chi connectivity index (χ1v) is 10.1. The van der Waals surface area contributed by atoms with Gasteiger partial charge in [-0.15, -0.1) is 0 Å². The van der Waals surface area contributed by atoms with Crippen LogP contribution in [0.25, 0.3) is 0 Å². The molecule has 0 aliphatic carbocycles. The summed E-state index contributed by atoms with van der Waals surface area (Å²) in [5.74, 6) is -0.590. The molecular formula is C23H29FN2O2. The maximum atomic E-state index is 13.7. The lowest BCUT2D eigenvalue weighted by molar-refractivity contribution is -0.128. The Labute approximate surface area is 166 Å². The molecule has 3 rings (SSSR count). The van der Waals surface area contributed by atoms with Crippen molar-refractivity contribution in [3.63, 3.8) is 0 Å². The van der Waals surface area contributed by atoms with Crippen molar-refractivity contribution in [2.45, 2.75) is 51.8 Å². The Balaban J connectivity index is 1.49. The maximum Gasteiger partial charge on any atom is 0.261 e. The van der Waals surface area contributed by atoms with Gasteiger partial charge in [-0.05, 0) is 55.6 Å². The largest absolute Gasteiger partial charge is 0.478 e. The highest BCUT2D eigenvalue weighted by molar-refractivity contribution is 5.81. The van der Waals surface area contributed by atoms with Gasteiger partial charge in [0.2, 0.25) is 0 Å². The Kier molecular flexibility index (Phi) is 7.43. The van der Waals surface area contributed by atoms with Crippen molar-refractivity contribution in [3.8, 4) is 5.75 Å². The number of amides is 1. The highest BCUT2D eigenvalue weighted by atomic mass is 19.1. The van der Waals surface area contributed by atoms with Gasteiger partial charge in [-0.25, -0.2) is 4.39 Å². The quantitative estimate of drug-likeness (QED) is 0.738. The second-order valence-corrected chi connectivity index (χ2v) is 7.32. The Hall–Kier alpha value is -2.40. The molecule has 1 atom stereocenters. The zero-order valence-corrected chi connectivity index (χ0v) is 16.5. The van der Waals surface area contributed by atoms with Crippen LogP contribution in [0.3, 0.4) is 0 Å². The number of rotatable bonds is 8. The molecule has 28 heavy (non-hydrogen) atoms. The van der Waals surface area contributed by atoms with E-state index in [0.717, 1.165) is 12.1 Å². The van der Waals surface area contributed by atoms with Crippen molar-refractivity contribution in [1.29, 1.82) is 0 Å². The van der Waals surface area contributed by atoms with Gasteiger partial charge >= 0.3 is 0 Å².